The van der Waals surface area contributed by atoms with Crippen LogP contribution in [-0.4, -0.2) is 38.1 Å². The first-order valence-corrected chi connectivity index (χ1v) is 8.30. The lowest BCUT2D eigenvalue weighted by molar-refractivity contribution is 0.0416. The molecule has 0 amide bonds. The van der Waals surface area contributed by atoms with E-state index >= 15 is 0 Å². The Kier molecular flexibility index (Phi) is 9.46. The van der Waals surface area contributed by atoms with Crippen LogP contribution in [0.1, 0.15) is 32.6 Å². The van der Waals surface area contributed by atoms with Gasteiger partial charge in [-0.3, -0.25) is 0 Å². The number of aliphatic hydroxyl groups excluding tert-OH is 1. The Balaban J connectivity index is 2.23. The molecular formula is C16H26BrNO3. The van der Waals surface area contributed by atoms with Gasteiger partial charge in [-0.15, -0.1) is 0 Å². The van der Waals surface area contributed by atoms with E-state index in [0.29, 0.717) is 13.2 Å². The Labute approximate surface area is 136 Å². The lowest BCUT2D eigenvalue weighted by atomic mass is 10.2. The van der Waals surface area contributed by atoms with Crippen molar-refractivity contribution in [2.45, 2.75) is 38.7 Å². The molecule has 0 heterocycles. The minimum absolute atomic E-state index is 0.357. The van der Waals surface area contributed by atoms with Crippen molar-refractivity contribution in [3.63, 3.8) is 0 Å². The molecule has 0 saturated carbocycles. The summed E-state index contributed by atoms with van der Waals surface area (Å²) in [4.78, 5) is 0. The van der Waals surface area contributed by atoms with Crippen LogP contribution in [0.2, 0.25) is 0 Å². The Morgan fingerprint density at radius 3 is 2.81 bits per heavy atom. The smallest absolute Gasteiger partial charge is 0.142 e. The van der Waals surface area contributed by atoms with Gasteiger partial charge >= 0.3 is 0 Å². The highest BCUT2D eigenvalue weighted by Crippen LogP contribution is 2.27. The summed E-state index contributed by atoms with van der Waals surface area (Å²) in [7, 11) is 1.63. The molecule has 1 aromatic rings. The molecule has 0 bridgehead atoms. The van der Waals surface area contributed by atoms with Crippen molar-refractivity contribution in [2.75, 3.05) is 32.2 Å². The summed E-state index contributed by atoms with van der Waals surface area (Å²) in [6, 6.07) is 5.72. The van der Waals surface area contributed by atoms with Crippen molar-refractivity contribution in [1.82, 2.24) is 0 Å². The Bertz CT molecular complexity index is 401. The van der Waals surface area contributed by atoms with E-state index in [1.165, 1.54) is 19.3 Å². The van der Waals surface area contributed by atoms with E-state index in [1.54, 1.807) is 7.11 Å². The van der Waals surface area contributed by atoms with E-state index in [9.17, 15) is 5.11 Å². The van der Waals surface area contributed by atoms with Gasteiger partial charge in [-0.25, -0.2) is 0 Å². The molecule has 2 N–H and O–H groups in total. The molecule has 0 aromatic heterocycles. The van der Waals surface area contributed by atoms with Crippen LogP contribution in [0.25, 0.3) is 0 Å². The summed E-state index contributed by atoms with van der Waals surface area (Å²) in [5.41, 5.74) is 0.855. The van der Waals surface area contributed by atoms with E-state index < -0.39 is 6.10 Å². The van der Waals surface area contributed by atoms with Crippen molar-refractivity contribution in [3.8, 4) is 5.75 Å². The molecule has 0 aliphatic heterocycles. The molecule has 21 heavy (non-hydrogen) atoms. The molecule has 0 saturated heterocycles. The number of ether oxygens (including phenoxy) is 2. The van der Waals surface area contributed by atoms with Gasteiger partial charge in [0.25, 0.3) is 0 Å². The molecule has 1 aromatic carbocycles. The second-order valence-corrected chi connectivity index (χ2v) is 5.93. The van der Waals surface area contributed by atoms with Gasteiger partial charge in [-0.05, 0) is 24.6 Å². The van der Waals surface area contributed by atoms with Crippen LogP contribution in [0.5, 0.6) is 5.75 Å². The van der Waals surface area contributed by atoms with Gasteiger partial charge in [0.05, 0.1) is 25.5 Å². The minimum atomic E-state index is -0.528. The predicted octanol–water partition coefficient (Wildman–Crippen LogP) is 3.83. The molecule has 1 unspecified atom stereocenters. The molecule has 0 fully saturated rings. The van der Waals surface area contributed by atoms with Gasteiger partial charge in [-0.2, -0.15) is 0 Å². The average Bonchev–Trinajstić information content (AvgIpc) is 2.49. The van der Waals surface area contributed by atoms with Gasteiger partial charge in [0.1, 0.15) is 5.75 Å². The van der Waals surface area contributed by atoms with Gasteiger partial charge in [0.15, 0.2) is 0 Å². The standard InChI is InChI=1S/C16H26BrNO3/c1-3-4-5-6-9-21-12-14(19)11-18-15-10-13(17)7-8-16(15)20-2/h7-8,10,14,18-19H,3-6,9,11-12H2,1-2H3. The SMILES string of the molecule is CCCCCCOCC(O)CNc1cc(Br)ccc1OC. The maximum absolute atomic E-state index is 9.91. The van der Waals surface area contributed by atoms with Crippen LogP contribution in [0.15, 0.2) is 22.7 Å². The van der Waals surface area contributed by atoms with Crippen molar-refractivity contribution >= 4 is 21.6 Å². The monoisotopic (exact) mass is 359 g/mol. The highest BCUT2D eigenvalue weighted by atomic mass is 79.9. The Morgan fingerprint density at radius 1 is 1.29 bits per heavy atom. The Morgan fingerprint density at radius 2 is 2.10 bits per heavy atom. The normalized spacial score (nSPS) is 12.2. The first kappa shape index (κ1) is 18.3. The van der Waals surface area contributed by atoms with Crippen LogP contribution in [0, 0.1) is 0 Å². The second kappa shape index (κ2) is 10.9. The summed E-state index contributed by atoms with van der Waals surface area (Å²) in [6.07, 6.45) is 4.20. The molecule has 0 aliphatic rings. The second-order valence-electron chi connectivity index (χ2n) is 5.01. The fourth-order valence-electron chi connectivity index (χ4n) is 1.96. The number of rotatable bonds is 11. The third-order valence-electron chi connectivity index (χ3n) is 3.14. The molecule has 4 nitrogen and oxygen atoms in total. The van der Waals surface area contributed by atoms with E-state index in [2.05, 4.69) is 28.2 Å². The van der Waals surface area contributed by atoms with E-state index in [4.69, 9.17) is 9.47 Å². The minimum Gasteiger partial charge on any atom is -0.495 e. The third kappa shape index (κ3) is 7.69. The predicted molar refractivity (Wildman–Crippen MR) is 90.2 cm³/mol. The summed E-state index contributed by atoms with van der Waals surface area (Å²) in [5.74, 6) is 0.755. The molecular weight excluding hydrogens is 334 g/mol. The molecule has 0 spiro atoms. The van der Waals surface area contributed by atoms with E-state index in [-0.39, 0.29) is 0 Å². The van der Waals surface area contributed by atoms with Crippen molar-refractivity contribution in [1.29, 1.82) is 0 Å². The zero-order valence-electron chi connectivity index (χ0n) is 12.9. The zero-order valence-corrected chi connectivity index (χ0v) is 14.5. The molecule has 120 valence electrons. The number of aliphatic hydroxyl groups is 1. The van der Waals surface area contributed by atoms with Crippen LogP contribution in [0.4, 0.5) is 5.69 Å². The molecule has 1 atom stereocenters. The number of halogens is 1. The van der Waals surface area contributed by atoms with Crippen LogP contribution < -0.4 is 10.1 Å². The lowest BCUT2D eigenvalue weighted by Gasteiger charge is -2.15. The molecule has 0 radical (unpaired) electrons. The van der Waals surface area contributed by atoms with Crippen LogP contribution in [0.3, 0.4) is 0 Å². The van der Waals surface area contributed by atoms with Gasteiger partial charge in [0, 0.05) is 17.6 Å². The number of anilines is 1. The first-order chi connectivity index (χ1) is 10.2. The number of nitrogens with one attached hydrogen (secondary N) is 1. The highest BCUT2D eigenvalue weighted by molar-refractivity contribution is 9.10. The Hall–Kier alpha value is -0.780. The zero-order chi connectivity index (χ0) is 15.5. The summed E-state index contributed by atoms with van der Waals surface area (Å²) in [5, 5.41) is 13.1. The van der Waals surface area contributed by atoms with Crippen LogP contribution >= 0.6 is 15.9 Å². The molecule has 1 rings (SSSR count). The number of unbranched alkanes of at least 4 members (excludes halogenated alkanes) is 3. The number of benzene rings is 1. The number of hydrogen-bond donors (Lipinski definition) is 2. The third-order valence-corrected chi connectivity index (χ3v) is 3.64. The van der Waals surface area contributed by atoms with E-state index in [1.807, 2.05) is 18.2 Å². The van der Waals surface area contributed by atoms with Crippen molar-refractivity contribution in [2.24, 2.45) is 0 Å². The van der Waals surface area contributed by atoms with Gasteiger partial charge < -0.3 is 19.9 Å². The quantitative estimate of drug-likeness (QED) is 0.589. The summed E-state index contributed by atoms with van der Waals surface area (Å²) >= 11 is 3.42. The molecule has 5 heteroatoms. The summed E-state index contributed by atoms with van der Waals surface area (Å²) in [6.45, 7) is 3.70. The number of methoxy groups -OCH3 is 1. The topological polar surface area (TPSA) is 50.7 Å². The number of hydrogen-bond acceptors (Lipinski definition) is 4. The summed E-state index contributed by atoms with van der Waals surface area (Å²) < 4.78 is 11.7. The largest absolute Gasteiger partial charge is 0.495 e. The van der Waals surface area contributed by atoms with Crippen LogP contribution in [-0.2, 0) is 4.74 Å². The van der Waals surface area contributed by atoms with Gasteiger partial charge in [0.2, 0.25) is 0 Å². The first-order valence-electron chi connectivity index (χ1n) is 7.50. The van der Waals surface area contributed by atoms with E-state index in [0.717, 1.165) is 28.9 Å². The fourth-order valence-corrected chi connectivity index (χ4v) is 2.32. The van der Waals surface area contributed by atoms with Gasteiger partial charge in [-0.1, -0.05) is 42.1 Å². The highest BCUT2D eigenvalue weighted by Gasteiger charge is 2.07. The average molecular weight is 360 g/mol. The van der Waals surface area contributed by atoms with Crippen molar-refractivity contribution < 1.29 is 14.6 Å². The molecule has 0 aliphatic carbocycles. The van der Waals surface area contributed by atoms with Crippen molar-refractivity contribution in [3.05, 3.63) is 22.7 Å². The lowest BCUT2D eigenvalue weighted by Crippen LogP contribution is -2.25. The fraction of sp³-hybridized carbons (Fsp3) is 0.625. The maximum Gasteiger partial charge on any atom is 0.142 e. The maximum atomic E-state index is 9.91.